The van der Waals surface area contributed by atoms with Crippen molar-refractivity contribution in [1.29, 1.82) is 0 Å². The fourth-order valence-corrected chi connectivity index (χ4v) is 6.62. The highest BCUT2D eigenvalue weighted by molar-refractivity contribution is 9.10. The maximum atomic E-state index is 13.4. The lowest BCUT2D eigenvalue weighted by molar-refractivity contribution is -0.136. The van der Waals surface area contributed by atoms with Crippen LogP contribution in [0, 0.1) is 5.41 Å². The van der Waals surface area contributed by atoms with Crippen molar-refractivity contribution in [1.82, 2.24) is 9.21 Å². The number of sulfonamides is 1. The molecule has 0 saturated carbocycles. The lowest BCUT2D eigenvalue weighted by atomic mass is 9.78. The van der Waals surface area contributed by atoms with E-state index in [-0.39, 0.29) is 17.3 Å². The number of halogens is 1. The van der Waals surface area contributed by atoms with E-state index < -0.39 is 15.4 Å². The highest BCUT2D eigenvalue weighted by Crippen LogP contribution is 2.37. The zero-order chi connectivity index (χ0) is 23.3. The molecule has 2 aromatic rings. The molecule has 2 aromatic carbocycles. The first-order valence-corrected chi connectivity index (χ1v) is 13.8. The summed E-state index contributed by atoms with van der Waals surface area (Å²) < 4.78 is 35.3. The maximum absolute atomic E-state index is 13.4. The molecular formula is C25H31BrN2O4S. The normalized spacial score (nSPS) is 22.2. The Labute approximate surface area is 205 Å². The van der Waals surface area contributed by atoms with E-state index in [1.54, 1.807) is 24.3 Å². The summed E-state index contributed by atoms with van der Waals surface area (Å²) in [6.45, 7) is 2.61. The number of carbonyl (C=O) groups excluding carboxylic acids is 1. The minimum Gasteiger partial charge on any atom is -0.493 e. The van der Waals surface area contributed by atoms with Crippen LogP contribution >= 0.6 is 15.9 Å². The van der Waals surface area contributed by atoms with Crippen molar-refractivity contribution in [3.63, 3.8) is 0 Å². The molecule has 2 fully saturated rings. The summed E-state index contributed by atoms with van der Waals surface area (Å²) in [6, 6.07) is 16.2. The molecule has 0 aliphatic carbocycles. The Morgan fingerprint density at radius 1 is 0.939 bits per heavy atom. The van der Waals surface area contributed by atoms with Gasteiger partial charge in [-0.15, -0.1) is 0 Å². The molecule has 2 aliphatic heterocycles. The second kappa shape index (κ2) is 10.6. The summed E-state index contributed by atoms with van der Waals surface area (Å²) >= 11 is 3.37. The van der Waals surface area contributed by atoms with E-state index in [1.165, 1.54) is 4.31 Å². The van der Waals surface area contributed by atoms with Crippen LogP contribution in [0.5, 0.6) is 5.75 Å². The molecule has 1 amide bonds. The Morgan fingerprint density at radius 3 is 2.33 bits per heavy atom. The predicted octanol–water partition coefficient (Wildman–Crippen LogP) is 4.70. The molecule has 178 valence electrons. The zero-order valence-corrected chi connectivity index (χ0v) is 21.2. The van der Waals surface area contributed by atoms with Gasteiger partial charge in [-0.3, -0.25) is 4.79 Å². The number of hydrogen-bond acceptors (Lipinski definition) is 4. The first-order chi connectivity index (χ1) is 15.9. The molecule has 4 rings (SSSR count). The molecule has 2 heterocycles. The molecule has 0 radical (unpaired) electrons. The lowest BCUT2D eigenvalue weighted by Crippen LogP contribution is -2.51. The molecular weight excluding hydrogens is 504 g/mol. The van der Waals surface area contributed by atoms with Crippen LogP contribution in [-0.2, 0) is 14.8 Å². The van der Waals surface area contributed by atoms with Gasteiger partial charge in [-0.2, -0.15) is 4.31 Å². The molecule has 0 bridgehead atoms. The summed E-state index contributed by atoms with van der Waals surface area (Å²) in [5, 5.41) is 0. The van der Waals surface area contributed by atoms with Crippen LogP contribution in [0.25, 0.3) is 0 Å². The molecule has 1 atom stereocenters. The van der Waals surface area contributed by atoms with Gasteiger partial charge in [-0.05, 0) is 68.5 Å². The quantitative estimate of drug-likeness (QED) is 0.516. The van der Waals surface area contributed by atoms with Gasteiger partial charge in [-0.1, -0.05) is 34.1 Å². The lowest BCUT2D eigenvalue weighted by Gasteiger charge is -2.42. The van der Waals surface area contributed by atoms with E-state index >= 15 is 0 Å². The van der Waals surface area contributed by atoms with Gasteiger partial charge in [0.25, 0.3) is 0 Å². The molecule has 0 aromatic heterocycles. The van der Waals surface area contributed by atoms with Crippen molar-refractivity contribution in [2.45, 2.75) is 43.4 Å². The number of benzene rings is 2. The summed E-state index contributed by atoms with van der Waals surface area (Å²) in [4.78, 5) is 15.5. The van der Waals surface area contributed by atoms with Crippen molar-refractivity contribution in [2.24, 2.45) is 5.41 Å². The second-order valence-corrected chi connectivity index (χ2v) is 12.0. The number of hydrogen-bond donors (Lipinski definition) is 0. The third kappa shape index (κ3) is 5.97. The minimum absolute atomic E-state index is 0.106. The number of ether oxygens (including phenoxy) is 1. The predicted molar refractivity (Wildman–Crippen MR) is 132 cm³/mol. The van der Waals surface area contributed by atoms with Gasteiger partial charge in [0.05, 0.1) is 11.5 Å². The number of piperidine rings is 2. The first kappa shape index (κ1) is 24.2. The fraction of sp³-hybridized carbons (Fsp3) is 0.480. The third-order valence-corrected chi connectivity index (χ3v) is 8.99. The molecule has 8 heteroatoms. The van der Waals surface area contributed by atoms with E-state index in [4.69, 9.17) is 4.74 Å². The minimum atomic E-state index is -3.66. The Kier molecular flexibility index (Phi) is 7.76. The SMILES string of the molecule is O=C(C[C@@]1(COc2ccccc2)CCCN(S(=O)(=O)c2ccc(Br)cc2)C1)N1CCCCC1. The summed E-state index contributed by atoms with van der Waals surface area (Å²) in [5.74, 6) is 0.837. The van der Waals surface area contributed by atoms with Crippen molar-refractivity contribution < 1.29 is 17.9 Å². The van der Waals surface area contributed by atoms with E-state index in [2.05, 4.69) is 15.9 Å². The van der Waals surface area contributed by atoms with Crippen LogP contribution in [0.15, 0.2) is 64.0 Å². The number of nitrogens with zero attached hydrogens (tertiary/aromatic N) is 2. The van der Waals surface area contributed by atoms with E-state index in [1.807, 2.05) is 35.2 Å². The van der Waals surface area contributed by atoms with E-state index in [9.17, 15) is 13.2 Å². The summed E-state index contributed by atoms with van der Waals surface area (Å²) in [7, 11) is -3.66. The molecule has 0 N–H and O–H groups in total. The highest BCUT2D eigenvalue weighted by Gasteiger charge is 2.43. The van der Waals surface area contributed by atoms with E-state index in [0.29, 0.717) is 26.0 Å². The topological polar surface area (TPSA) is 66.9 Å². The smallest absolute Gasteiger partial charge is 0.243 e. The van der Waals surface area contributed by atoms with Crippen molar-refractivity contribution >= 4 is 31.9 Å². The maximum Gasteiger partial charge on any atom is 0.243 e. The number of rotatable bonds is 7. The highest BCUT2D eigenvalue weighted by atomic mass is 79.9. The van der Waals surface area contributed by atoms with Gasteiger partial charge in [0.1, 0.15) is 5.75 Å². The van der Waals surface area contributed by atoms with Crippen molar-refractivity contribution in [2.75, 3.05) is 32.8 Å². The molecule has 0 unspecified atom stereocenters. The van der Waals surface area contributed by atoms with Gasteiger partial charge in [0.2, 0.25) is 15.9 Å². The first-order valence-electron chi connectivity index (χ1n) is 11.6. The zero-order valence-electron chi connectivity index (χ0n) is 18.8. The van der Waals surface area contributed by atoms with Gasteiger partial charge < -0.3 is 9.64 Å². The van der Waals surface area contributed by atoms with Gasteiger partial charge >= 0.3 is 0 Å². The molecule has 33 heavy (non-hydrogen) atoms. The van der Waals surface area contributed by atoms with Crippen molar-refractivity contribution in [3.8, 4) is 5.75 Å². The van der Waals surface area contributed by atoms with E-state index in [0.717, 1.165) is 49.0 Å². The van der Waals surface area contributed by atoms with Crippen LogP contribution in [0.1, 0.15) is 38.5 Å². The number of carbonyl (C=O) groups is 1. The van der Waals surface area contributed by atoms with Crippen LogP contribution in [0.3, 0.4) is 0 Å². The Morgan fingerprint density at radius 2 is 1.64 bits per heavy atom. The molecule has 0 spiro atoms. The van der Waals surface area contributed by atoms with Crippen LogP contribution in [-0.4, -0.2) is 56.3 Å². The molecule has 2 saturated heterocycles. The van der Waals surface area contributed by atoms with Gasteiger partial charge in [0, 0.05) is 42.5 Å². The monoisotopic (exact) mass is 534 g/mol. The van der Waals surface area contributed by atoms with Crippen molar-refractivity contribution in [3.05, 3.63) is 59.1 Å². The van der Waals surface area contributed by atoms with Crippen LogP contribution in [0.2, 0.25) is 0 Å². The molecule has 2 aliphatic rings. The van der Waals surface area contributed by atoms with Crippen LogP contribution < -0.4 is 4.74 Å². The van der Waals surface area contributed by atoms with Crippen LogP contribution in [0.4, 0.5) is 0 Å². The average Bonchev–Trinajstić information content (AvgIpc) is 2.84. The molecule has 6 nitrogen and oxygen atoms in total. The fourth-order valence-electron chi connectivity index (χ4n) is 4.77. The van der Waals surface area contributed by atoms with Gasteiger partial charge in [0.15, 0.2) is 0 Å². The summed E-state index contributed by atoms with van der Waals surface area (Å²) in [5.41, 5.74) is -0.564. The standard InChI is InChI=1S/C25H31BrN2O4S/c26-21-10-12-23(13-11-21)33(30,31)28-17-7-14-25(19-28,20-32-22-8-3-1-4-9-22)18-24(29)27-15-5-2-6-16-27/h1,3-4,8-13H,2,5-7,14-20H2/t25-/m0/s1. The summed E-state index contributed by atoms with van der Waals surface area (Å²) in [6.07, 6.45) is 4.97. The largest absolute Gasteiger partial charge is 0.493 e. The Hall–Kier alpha value is -1.90. The van der Waals surface area contributed by atoms with Gasteiger partial charge in [-0.25, -0.2) is 8.42 Å². The Bertz CT molecular complexity index is 1040. The number of para-hydroxylation sites is 1. The number of likely N-dealkylation sites (tertiary alicyclic amines) is 1. The Balaban J connectivity index is 1.57. The second-order valence-electron chi connectivity index (χ2n) is 9.12. The average molecular weight is 536 g/mol. The number of amides is 1. The third-order valence-electron chi connectivity index (χ3n) is 6.60.